The molecule has 0 bridgehead atoms. The lowest BCUT2D eigenvalue weighted by Gasteiger charge is -2.11. The topological polar surface area (TPSA) is 47.6 Å². The van der Waals surface area contributed by atoms with Gasteiger partial charge in [-0.15, -0.1) is 0 Å². The number of para-hydroxylation sites is 2. The number of thioether (sulfide) groups is 1. The fourth-order valence-corrected chi connectivity index (χ4v) is 3.35. The number of nitrogens with one attached hydrogen (secondary N) is 1. The second-order valence-corrected chi connectivity index (χ2v) is 7.07. The molecule has 2 aromatic rings. The first-order valence-electron chi connectivity index (χ1n) is 7.78. The Labute approximate surface area is 156 Å². The van der Waals surface area contributed by atoms with E-state index in [1.165, 1.54) is 11.8 Å². The van der Waals surface area contributed by atoms with Gasteiger partial charge >= 0.3 is 0 Å². The van der Waals surface area contributed by atoms with E-state index in [0.717, 1.165) is 16.9 Å². The van der Waals surface area contributed by atoms with E-state index in [9.17, 15) is 4.79 Å². The van der Waals surface area contributed by atoms with Crippen molar-refractivity contribution in [3.05, 3.63) is 64.6 Å². The Bertz CT molecular complexity index is 833. The van der Waals surface area contributed by atoms with Crippen LogP contribution in [0.1, 0.15) is 11.1 Å². The Kier molecular flexibility index (Phi) is 5.73. The molecule has 1 saturated heterocycles. The van der Waals surface area contributed by atoms with Crippen LogP contribution in [0.25, 0.3) is 6.08 Å². The third-order valence-electron chi connectivity index (χ3n) is 3.54. The zero-order valence-corrected chi connectivity index (χ0v) is 15.3. The summed E-state index contributed by atoms with van der Waals surface area (Å²) in [5.74, 6) is 1.39. The van der Waals surface area contributed by atoms with Crippen molar-refractivity contribution in [3.63, 3.8) is 0 Å². The van der Waals surface area contributed by atoms with Gasteiger partial charge in [0, 0.05) is 5.56 Å². The van der Waals surface area contributed by atoms with Gasteiger partial charge < -0.3 is 14.8 Å². The largest absolute Gasteiger partial charge is 0.490 e. The van der Waals surface area contributed by atoms with E-state index in [-0.39, 0.29) is 5.91 Å². The number of ether oxygens (including phenoxy) is 2. The van der Waals surface area contributed by atoms with Crippen LogP contribution in [-0.2, 0) is 4.79 Å². The molecule has 1 amide bonds. The van der Waals surface area contributed by atoms with Gasteiger partial charge in [-0.05, 0) is 30.7 Å². The van der Waals surface area contributed by atoms with Gasteiger partial charge in [-0.25, -0.2) is 0 Å². The molecule has 3 rings (SSSR count). The van der Waals surface area contributed by atoms with Gasteiger partial charge in [-0.1, -0.05) is 60.4 Å². The van der Waals surface area contributed by atoms with Gasteiger partial charge in [0.1, 0.15) is 29.0 Å². The van der Waals surface area contributed by atoms with Gasteiger partial charge in [0.05, 0.1) is 4.91 Å². The Morgan fingerprint density at radius 3 is 2.36 bits per heavy atom. The van der Waals surface area contributed by atoms with Crippen molar-refractivity contribution in [2.24, 2.45) is 0 Å². The molecule has 0 atom stereocenters. The number of benzene rings is 2. The fraction of sp³-hybridized carbons (Fsp3) is 0.158. The number of hydrogen-bond acceptors (Lipinski definition) is 5. The molecule has 0 saturated carbocycles. The summed E-state index contributed by atoms with van der Waals surface area (Å²) in [5.41, 5.74) is 1.92. The molecule has 1 aliphatic rings. The summed E-state index contributed by atoms with van der Waals surface area (Å²) in [6.07, 6.45) is 1.79. The predicted molar refractivity (Wildman–Crippen MR) is 105 cm³/mol. The predicted octanol–water partition coefficient (Wildman–Crippen LogP) is 3.94. The smallest absolute Gasteiger partial charge is 0.263 e. The summed E-state index contributed by atoms with van der Waals surface area (Å²) in [5, 5.41) is 2.61. The summed E-state index contributed by atoms with van der Waals surface area (Å²) in [4.78, 5) is 12.4. The van der Waals surface area contributed by atoms with Gasteiger partial charge in [-0.3, -0.25) is 4.79 Å². The van der Waals surface area contributed by atoms with Crippen LogP contribution in [-0.4, -0.2) is 23.4 Å². The van der Waals surface area contributed by atoms with Gasteiger partial charge in [0.2, 0.25) is 0 Å². The molecule has 6 heteroatoms. The quantitative estimate of drug-likeness (QED) is 0.473. The van der Waals surface area contributed by atoms with Crippen LogP contribution in [0.3, 0.4) is 0 Å². The molecule has 1 aliphatic heterocycles. The third kappa shape index (κ3) is 4.61. The first-order chi connectivity index (χ1) is 12.1. The maximum absolute atomic E-state index is 11.8. The maximum Gasteiger partial charge on any atom is 0.263 e. The minimum absolute atomic E-state index is 0.173. The Balaban J connectivity index is 1.62. The highest BCUT2D eigenvalue weighted by Gasteiger charge is 2.22. The highest BCUT2D eigenvalue weighted by Crippen LogP contribution is 2.29. The average molecular weight is 371 g/mol. The SMILES string of the molecule is Cc1ccccc1OCCOc1ccccc1C=C1SC(=S)NC1=O. The zero-order valence-electron chi connectivity index (χ0n) is 13.7. The average Bonchev–Trinajstić information content (AvgIpc) is 2.92. The van der Waals surface area contributed by atoms with Crippen molar-refractivity contribution in [1.82, 2.24) is 5.32 Å². The summed E-state index contributed by atoms with van der Waals surface area (Å²) < 4.78 is 12.0. The Hall–Kier alpha value is -2.31. The van der Waals surface area contributed by atoms with E-state index in [1.807, 2.05) is 55.5 Å². The standard InChI is InChI=1S/C19H17NO3S2/c1-13-6-2-4-8-15(13)22-10-11-23-16-9-5-3-7-14(16)12-17-18(21)20-19(24)25-17/h2-9,12H,10-11H2,1H3,(H,20,21,24). The number of thiocarbonyl (C=S) groups is 1. The molecule has 0 radical (unpaired) electrons. The zero-order chi connectivity index (χ0) is 17.6. The first kappa shape index (κ1) is 17.5. The van der Waals surface area contributed by atoms with E-state index in [0.29, 0.717) is 28.2 Å². The Morgan fingerprint density at radius 2 is 1.68 bits per heavy atom. The minimum atomic E-state index is -0.173. The molecular formula is C19H17NO3S2. The van der Waals surface area contributed by atoms with Crippen LogP contribution in [0, 0.1) is 6.92 Å². The number of aryl methyl sites for hydroxylation is 1. The van der Waals surface area contributed by atoms with Crippen LogP contribution in [0.4, 0.5) is 0 Å². The van der Waals surface area contributed by atoms with Gasteiger partial charge in [0.25, 0.3) is 5.91 Å². The molecule has 2 aromatic carbocycles. The number of hydrogen-bond donors (Lipinski definition) is 1. The van der Waals surface area contributed by atoms with Crippen molar-refractivity contribution in [1.29, 1.82) is 0 Å². The lowest BCUT2D eigenvalue weighted by atomic mass is 10.2. The molecule has 0 unspecified atom stereocenters. The first-order valence-corrected chi connectivity index (χ1v) is 9.01. The molecule has 25 heavy (non-hydrogen) atoms. The molecule has 0 spiro atoms. The van der Waals surface area contributed by atoms with Crippen molar-refractivity contribution in [2.45, 2.75) is 6.92 Å². The summed E-state index contributed by atoms with van der Waals surface area (Å²) in [6, 6.07) is 15.4. The fourth-order valence-electron chi connectivity index (χ4n) is 2.32. The van der Waals surface area contributed by atoms with Crippen LogP contribution < -0.4 is 14.8 Å². The van der Waals surface area contributed by atoms with E-state index in [1.54, 1.807) is 6.08 Å². The Morgan fingerprint density at radius 1 is 1.04 bits per heavy atom. The summed E-state index contributed by atoms with van der Waals surface area (Å²) in [6.45, 7) is 2.85. The highest BCUT2D eigenvalue weighted by molar-refractivity contribution is 8.26. The van der Waals surface area contributed by atoms with Crippen LogP contribution in [0.15, 0.2) is 53.4 Å². The van der Waals surface area contributed by atoms with E-state index < -0.39 is 0 Å². The van der Waals surface area contributed by atoms with E-state index in [2.05, 4.69) is 5.32 Å². The molecule has 1 fully saturated rings. The van der Waals surface area contributed by atoms with Gasteiger partial charge in [0.15, 0.2) is 0 Å². The van der Waals surface area contributed by atoms with Crippen LogP contribution in [0.2, 0.25) is 0 Å². The molecule has 128 valence electrons. The van der Waals surface area contributed by atoms with E-state index in [4.69, 9.17) is 21.7 Å². The molecule has 0 aromatic heterocycles. The van der Waals surface area contributed by atoms with Crippen LogP contribution >= 0.6 is 24.0 Å². The lowest BCUT2D eigenvalue weighted by molar-refractivity contribution is -0.115. The number of rotatable bonds is 6. The number of carbonyl (C=O) groups excluding carboxylic acids is 1. The number of amides is 1. The number of carbonyl (C=O) groups is 1. The van der Waals surface area contributed by atoms with Crippen LogP contribution in [0.5, 0.6) is 11.5 Å². The lowest BCUT2D eigenvalue weighted by Crippen LogP contribution is -2.17. The molecule has 0 aliphatic carbocycles. The van der Waals surface area contributed by atoms with E-state index >= 15 is 0 Å². The monoisotopic (exact) mass is 371 g/mol. The van der Waals surface area contributed by atoms with Crippen molar-refractivity contribution in [3.8, 4) is 11.5 Å². The van der Waals surface area contributed by atoms with Crippen molar-refractivity contribution >= 4 is 40.3 Å². The third-order valence-corrected chi connectivity index (χ3v) is 4.70. The molecule has 4 nitrogen and oxygen atoms in total. The highest BCUT2D eigenvalue weighted by atomic mass is 32.2. The maximum atomic E-state index is 11.8. The summed E-state index contributed by atoms with van der Waals surface area (Å²) >= 11 is 6.26. The van der Waals surface area contributed by atoms with Gasteiger partial charge in [-0.2, -0.15) is 0 Å². The summed E-state index contributed by atoms with van der Waals surface area (Å²) in [7, 11) is 0. The molecule has 1 heterocycles. The van der Waals surface area contributed by atoms with Crippen molar-refractivity contribution in [2.75, 3.05) is 13.2 Å². The molecular weight excluding hydrogens is 354 g/mol. The normalized spacial score (nSPS) is 15.3. The minimum Gasteiger partial charge on any atom is -0.490 e. The second-order valence-electron chi connectivity index (χ2n) is 5.35. The second kappa shape index (κ2) is 8.18. The molecule has 1 N–H and O–H groups in total. The van der Waals surface area contributed by atoms with Crippen molar-refractivity contribution < 1.29 is 14.3 Å².